The molecule has 9 heteroatoms. The standard InChI is InChI=1S/C7H10N4O4S/c8-7-9-1-5(11(14)15)6(10-7)16-3-4(13)2-12/h1,4,12-13H,2-3H2,(H2,8,9,10). The highest BCUT2D eigenvalue weighted by Crippen LogP contribution is 2.27. The van der Waals surface area contributed by atoms with Crippen LogP contribution in [0.5, 0.6) is 0 Å². The summed E-state index contributed by atoms with van der Waals surface area (Å²) in [5.74, 6) is 0.0138. The van der Waals surface area contributed by atoms with Crippen LogP contribution in [-0.2, 0) is 0 Å². The van der Waals surface area contributed by atoms with Crippen molar-refractivity contribution in [3.8, 4) is 0 Å². The van der Waals surface area contributed by atoms with Gasteiger partial charge in [-0.25, -0.2) is 4.98 Å². The van der Waals surface area contributed by atoms with Crippen molar-refractivity contribution in [2.75, 3.05) is 18.1 Å². The zero-order valence-corrected chi connectivity index (χ0v) is 8.92. The van der Waals surface area contributed by atoms with Crippen molar-refractivity contribution in [1.82, 2.24) is 9.97 Å². The maximum absolute atomic E-state index is 10.6. The van der Waals surface area contributed by atoms with E-state index in [9.17, 15) is 10.1 Å². The predicted molar refractivity (Wildman–Crippen MR) is 56.9 cm³/mol. The summed E-state index contributed by atoms with van der Waals surface area (Å²) in [6, 6.07) is 0. The molecular formula is C7H10N4O4S. The predicted octanol–water partition coefficient (Wildman–Crippen LogP) is -0.588. The Morgan fingerprint density at radius 2 is 2.38 bits per heavy atom. The van der Waals surface area contributed by atoms with Gasteiger partial charge >= 0.3 is 5.69 Å². The lowest BCUT2D eigenvalue weighted by Crippen LogP contribution is -2.15. The summed E-state index contributed by atoms with van der Waals surface area (Å²) >= 11 is 0.939. The molecular weight excluding hydrogens is 236 g/mol. The highest BCUT2D eigenvalue weighted by atomic mass is 32.2. The number of hydrogen-bond acceptors (Lipinski definition) is 8. The smallest absolute Gasteiger partial charge is 0.319 e. The van der Waals surface area contributed by atoms with Crippen LogP contribution in [0.4, 0.5) is 11.6 Å². The van der Waals surface area contributed by atoms with E-state index in [4.69, 9.17) is 15.9 Å². The second-order valence-electron chi connectivity index (χ2n) is 2.82. The SMILES string of the molecule is Nc1ncc([N+](=O)[O-])c(SCC(O)CO)n1. The van der Waals surface area contributed by atoms with E-state index in [0.717, 1.165) is 18.0 Å². The first-order chi connectivity index (χ1) is 7.54. The number of aromatic nitrogens is 2. The Labute approximate surface area is 94.7 Å². The lowest BCUT2D eigenvalue weighted by Gasteiger charge is -2.06. The molecule has 16 heavy (non-hydrogen) atoms. The van der Waals surface area contributed by atoms with Crippen LogP contribution in [0, 0.1) is 10.1 Å². The molecule has 1 aromatic heterocycles. The first kappa shape index (κ1) is 12.6. The molecule has 0 saturated carbocycles. The molecule has 1 heterocycles. The first-order valence-corrected chi connectivity index (χ1v) is 5.21. The Kier molecular flexibility index (Phi) is 4.40. The number of nitrogen functional groups attached to an aromatic ring is 1. The van der Waals surface area contributed by atoms with E-state index in [2.05, 4.69) is 9.97 Å². The monoisotopic (exact) mass is 246 g/mol. The molecule has 0 aromatic carbocycles. The topological polar surface area (TPSA) is 135 Å². The van der Waals surface area contributed by atoms with Crippen LogP contribution >= 0.6 is 11.8 Å². The fourth-order valence-corrected chi connectivity index (χ4v) is 1.72. The molecule has 88 valence electrons. The number of anilines is 1. The summed E-state index contributed by atoms with van der Waals surface area (Å²) in [7, 11) is 0. The van der Waals surface area contributed by atoms with Crippen molar-refractivity contribution in [1.29, 1.82) is 0 Å². The van der Waals surface area contributed by atoms with Gasteiger partial charge in [-0.3, -0.25) is 10.1 Å². The zero-order chi connectivity index (χ0) is 12.1. The first-order valence-electron chi connectivity index (χ1n) is 4.23. The molecule has 0 aliphatic heterocycles. The molecule has 0 amide bonds. The Bertz CT molecular complexity index is 389. The van der Waals surface area contributed by atoms with Crippen LogP contribution in [0.15, 0.2) is 11.2 Å². The Morgan fingerprint density at radius 1 is 1.69 bits per heavy atom. The summed E-state index contributed by atoms with van der Waals surface area (Å²) in [4.78, 5) is 17.2. The number of thioether (sulfide) groups is 1. The second-order valence-corrected chi connectivity index (χ2v) is 3.83. The van der Waals surface area contributed by atoms with E-state index >= 15 is 0 Å². The van der Waals surface area contributed by atoms with Gasteiger partial charge in [0.15, 0.2) is 5.03 Å². The van der Waals surface area contributed by atoms with Gasteiger partial charge in [-0.2, -0.15) is 4.98 Å². The zero-order valence-electron chi connectivity index (χ0n) is 8.11. The van der Waals surface area contributed by atoms with Gasteiger partial charge in [-0.1, -0.05) is 11.8 Å². The van der Waals surface area contributed by atoms with E-state index < -0.39 is 17.6 Å². The minimum absolute atomic E-state index is 0.0741. The van der Waals surface area contributed by atoms with E-state index in [-0.39, 0.29) is 22.4 Å². The van der Waals surface area contributed by atoms with Gasteiger partial charge in [0.1, 0.15) is 6.20 Å². The summed E-state index contributed by atoms with van der Waals surface area (Å²) in [5, 5.41) is 28.4. The van der Waals surface area contributed by atoms with Crippen LogP contribution in [0.1, 0.15) is 0 Å². The van der Waals surface area contributed by atoms with Crippen molar-refractivity contribution < 1.29 is 15.1 Å². The molecule has 0 radical (unpaired) electrons. The fourth-order valence-electron chi connectivity index (χ4n) is 0.832. The van der Waals surface area contributed by atoms with Gasteiger partial charge in [0.2, 0.25) is 5.95 Å². The summed E-state index contributed by atoms with van der Waals surface area (Å²) in [6.45, 7) is -0.415. The number of nitrogens with two attached hydrogens (primary N) is 1. The lowest BCUT2D eigenvalue weighted by atomic mass is 10.4. The van der Waals surface area contributed by atoms with Crippen LogP contribution in [0.3, 0.4) is 0 Å². The van der Waals surface area contributed by atoms with Crippen LogP contribution in [0.2, 0.25) is 0 Å². The quantitative estimate of drug-likeness (QED) is 0.271. The average molecular weight is 246 g/mol. The van der Waals surface area contributed by atoms with E-state index in [1.165, 1.54) is 0 Å². The van der Waals surface area contributed by atoms with Gasteiger partial charge in [0.05, 0.1) is 17.6 Å². The van der Waals surface area contributed by atoms with Crippen molar-refractivity contribution in [2.45, 2.75) is 11.1 Å². The molecule has 0 fully saturated rings. The third kappa shape index (κ3) is 3.29. The second kappa shape index (κ2) is 5.58. The molecule has 1 aromatic rings. The van der Waals surface area contributed by atoms with Crippen LogP contribution in [-0.4, -0.2) is 43.6 Å². The normalized spacial score (nSPS) is 12.4. The molecule has 4 N–H and O–H groups in total. The molecule has 0 saturated heterocycles. The van der Waals surface area contributed by atoms with E-state index in [0.29, 0.717) is 0 Å². The third-order valence-corrected chi connectivity index (χ3v) is 2.70. The van der Waals surface area contributed by atoms with Gasteiger partial charge in [0, 0.05) is 5.75 Å². The van der Waals surface area contributed by atoms with Gasteiger partial charge in [0.25, 0.3) is 0 Å². The summed E-state index contributed by atoms with van der Waals surface area (Å²) in [6.07, 6.45) is 0.0523. The largest absolute Gasteiger partial charge is 0.394 e. The molecule has 1 atom stereocenters. The molecule has 0 spiro atoms. The van der Waals surface area contributed by atoms with Crippen molar-refractivity contribution in [3.05, 3.63) is 16.3 Å². The molecule has 1 unspecified atom stereocenters. The summed E-state index contributed by atoms with van der Waals surface area (Å²) < 4.78 is 0. The minimum atomic E-state index is -0.958. The number of aliphatic hydroxyl groups is 2. The lowest BCUT2D eigenvalue weighted by molar-refractivity contribution is -0.388. The molecule has 8 nitrogen and oxygen atoms in total. The van der Waals surface area contributed by atoms with Gasteiger partial charge < -0.3 is 15.9 Å². The Morgan fingerprint density at radius 3 is 2.94 bits per heavy atom. The van der Waals surface area contributed by atoms with E-state index in [1.807, 2.05) is 0 Å². The van der Waals surface area contributed by atoms with Gasteiger partial charge in [-0.15, -0.1) is 0 Å². The highest BCUT2D eigenvalue weighted by Gasteiger charge is 2.18. The number of nitrogens with zero attached hydrogens (tertiary/aromatic N) is 3. The highest BCUT2D eigenvalue weighted by molar-refractivity contribution is 7.99. The Balaban J connectivity index is 2.84. The molecule has 0 aliphatic carbocycles. The van der Waals surface area contributed by atoms with Crippen molar-refractivity contribution >= 4 is 23.4 Å². The molecule has 0 bridgehead atoms. The maximum atomic E-state index is 10.6. The van der Waals surface area contributed by atoms with Crippen molar-refractivity contribution in [3.63, 3.8) is 0 Å². The summed E-state index contributed by atoms with van der Waals surface area (Å²) in [5.41, 5.74) is 5.02. The average Bonchev–Trinajstić information content (AvgIpc) is 2.25. The fraction of sp³-hybridized carbons (Fsp3) is 0.429. The third-order valence-electron chi connectivity index (χ3n) is 1.57. The van der Waals surface area contributed by atoms with Crippen LogP contribution < -0.4 is 5.73 Å². The molecule has 1 rings (SSSR count). The minimum Gasteiger partial charge on any atom is -0.394 e. The van der Waals surface area contributed by atoms with E-state index in [1.54, 1.807) is 0 Å². The number of nitro groups is 1. The van der Waals surface area contributed by atoms with Gasteiger partial charge in [-0.05, 0) is 0 Å². The number of rotatable bonds is 5. The van der Waals surface area contributed by atoms with Crippen molar-refractivity contribution in [2.24, 2.45) is 0 Å². The number of hydrogen-bond donors (Lipinski definition) is 3. The Hall–Kier alpha value is -1.45. The van der Waals surface area contributed by atoms with Crippen LogP contribution in [0.25, 0.3) is 0 Å². The molecule has 0 aliphatic rings. The number of aliphatic hydroxyl groups excluding tert-OH is 2. The maximum Gasteiger partial charge on any atom is 0.319 e.